The molecule has 0 saturated heterocycles. The summed E-state index contributed by atoms with van der Waals surface area (Å²) in [6, 6.07) is 14.7. The van der Waals surface area contributed by atoms with E-state index in [9.17, 15) is 0 Å². The highest BCUT2D eigenvalue weighted by molar-refractivity contribution is 5.68. The Morgan fingerprint density at radius 2 is 1.24 bits per heavy atom. The summed E-state index contributed by atoms with van der Waals surface area (Å²) in [5, 5.41) is 4.21. The highest BCUT2D eigenvalue weighted by Crippen LogP contribution is 2.28. The van der Waals surface area contributed by atoms with E-state index in [0.29, 0.717) is 0 Å². The molecule has 0 N–H and O–H groups in total. The second kappa shape index (κ2) is 5.21. The number of benzene rings is 2. The van der Waals surface area contributed by atoms with Crippen molar-refractivity contribution < 1.29 is 4.52 Å². The third-order valence-electron chi connectivity index (χ3n) is 4.10. The molecule has 3 rings (SSSR count). The molecule has 0 radical (unpaired) electrons. The standard InChI is InChI=1S/C19H19NO/c1-12-5-7-16(9-14(12)3)18-11-19(21-20-18)17-8-6-13(2)15(4)10-17/h5-11H,1-4H3. The van der Waals surface area contributed by atoms with Gasteiger partial charge in [-0.15, -0.1) is 0 Å². The predicted molar refractivity (Wildman–Crippen MR) is 86.3 cm³/mol. The summed E-state index contributed by atoms with van der Waals surface area (Å²) in [6.07, 6.45) is 0. The number of aryl methyl sites for hydroxylation is 4. The molecule has 0 spiro atoms. The zero-order valence-electron chi connectivity index (χ0n) is 12.9. The van der Waals surface area contributed by atoms with E-state index in [-0.39, 0.29) is 0 Å². The average molecular weight is 277 g/mol. The minimum absolute atomic E-state index is 0.811. The lowest BCUT2D eigenvalue weighted by atomic mass is 10.0. The normalized spacial score (nSPS) is 10.9. The zero-order chi connectivity index (χ0) is 15.0. The van der Waals surface area contributed by atoms with Gasteiger partial charge in [0.05, 0.1) is 0 Å². The van der Waals surface area contributed by atoms with Gasteiger partial charge in [-0.1, -0.05) is 29.4 Å². The van der Waals surface area contributed by atoms with Crippen molar-refractivity contribution in [1.82, 2.24) is 5.16 Å². The van der Waals surface area contributed by atoms with E-state index >= 15 is 0 Å². The van der Waals surface area contributed by atoms with Crippen molar-refractivity contribution in [3.63, 3.8) is 0 Å². The molecule has 0 aliphatic rings. The molecule has 0 aliphatic carbocycles. The van der Waals surface area contributed by atoms with Crippen LogP contribution in [-0.2, 0) is 0 Å². The summed E-state index contributed by atoms with van der Waals surface area (Å²) in [5.41, 5.74) is 8.15. The smallest absolute Gasteiger partial charge is 0.167 e. The van der Waals surface area contributed by atoms with Crippen LogP contribution in [0.1, 0.15) is 22.3 Å². The van der Waals surface area contributed by atoms with Gasteiger partial charge in [0.2, 0.25) is 0 Å². The van der Waals surface area contributed by atoms with E-state index in [0.717, 1.165) is 22.6 Å². The maximum atomic E-state index is 5.52. The maximum Gasteiger partial charge on any atom is 0.167 e. The van der Waals surface area contributed by atoms with E-state index in [1.165, 1.54) is 22.3 Å². The Morgan fingerprint density at radius 1 is 0.667 bits per heavy atom. The molecule has 0 atom stereocenters. The fraction of sp³-hybridized carbons (Fsp3) is 0.211. The van der Waals surface area contributed by atoms with Gasteiger partial charge in [-0.05, 0) is 62.1 Å². The lowest BCUT2D eigenvalue weighted by Crippen LogP contribution is -1.83. The Morgan fingerprint density at radius 3 is 1.86 bits per heavy atom. The Hall–Kier alpha value is -2.35. The molecule has 0 amide bonds. The zero-order valence-corrected chi connectivity index (χ0v) is 12.9. The average Bonchev–Trinajstić information content (AvgIpc) is 2.94. The first-order valence-corrected chi connectivity index (χ1v) is 7.16. The molecular formula is C19H19NO. The van der Waals surface area contributed by atoms with Crippen molar-refractivity contribution in [1.29, 1.82) is 0 Å². The molecule has 0 saturated carbocycles. The van der Waals surface area contributed by atoms with E-state index in [2.05, 4.69) is 69.2 Å². The van der Waals surface area contributed by atoms with Crippen LogP contribution in [0.3, 0.4) is 0 Å². The van der Waals surface area contributed by atoms with Crippen molar-refractivity contribution in [2.75, 3.05) is 0 Å². The third-order valence-corrected chi connectivity index (χ3v) is 4.10. The van der Waals surface area contributed by atoms with Gasteiger partial charge >= 0.3 is 0 Å². The highest BCUT2D eigenvalue weighted by Gasteiger charge is 2.10. The molecule has 2 aromatic carbocycles. The summed E-state index contributed by atoms with van der Waals surface area (Å²) in [7, 11) is 0. The number of hydrogen-bond donors (Lipinski definition) is 0. The Kier molecular flexibility index (Phi) is 3.38. The monoisotopic (exact) mass is 277 g/mol. The molecule has 1 aromatic heterocycles. The molecule has 0 aliphatic heterocycles. The second-order valence-electron chi connectivity index (χ2n) is 5.67. The number of aromatic nitrogens is 1. The number of nitrogens with zero attached hydrogens (tertiary/aromatic N) is 1. The largest absolute Gasteiger partial charge is 0.356 e. The fourth-order valence-electron chi connectivity index (χ4n) is 2.34. The molecule has 0 bridgehead atoms. The molecule has 21 heavy (non-hydrogen) atoms. The van der Waals surface area contributed by atoms with Crippen LogP contribution in [0.2, 0.25) is 0 Å². The minimum atomic E-state index is 0.811. The van der Waals surface area contributed by atoms with Crippen molar-refractivity contribution >= 4 is 0 Å². The fourth-order valence-corrected chi connectivity index (χ4v) is 2.34. The van der Waals surface area contributed by atoms with Crippen molar-refractivity contribution in [3.8, 4) is 22.6 Å². The van der Waals surface area contributed by atoms with Crippen molar-refractivity contribution in [3.05, 3.63) is 64.7 Å². The topological polar surface area (TPSA) is 26.0 Å². The van der Waals surface area contributed by atoms with Crippen molar-refractivity contribution in [2.45, 2.75) is 27.7 Å². The number of hydrogen-bond acceptors (Lipinski definition) is 2. The minimum Gasteiger partial charge on any atom is -0.356 e. The van der Waals surface area contributed by atoms with E-state index < -0.39 is 0 Å². The highest BCUT2D eigenvalue weighted by atomic mass is 16.5. The van der Waals surface area contributed by atoms with Crippen LogP contribution < -0.4 is 0 Å². The Labute approximate surface area is 125 Å². The summed E-state index contributed by atoms with van der Waals surface area (Å²) >= 11 is 0. The molecule has 2 heteroatoms. The summed E-state index contributed by atoms with van der Waals surface area (Å²) < 4.78 is 5.52. The molecule has 0 fully saturated rings. The molecule has 3 aromatic rings. The predicted octanol–water partition coefficient (Wildman–Crippen LogP) is 5.24. The summed E-state index contributed by atoms with van der Waals surface area (Å²) in [5.74, 6) is 0.811. The maximum absolute atomic E-state index is 5.52. The SMILES string of the molecule is Cc1ccc(-c2cc(-c3ccc(C)c(C)c3)on2)cc1C. The first-order chi connectivity index (χ1) is 10.0. The van der Waals surface area contributed by atoms with Crippen LogP contribution in [0, 0.1) is 27.7 Å². The van der Waals surface area contributed by atoms with Crippen LogP contribution in [-0.4, -0.2) is 5.16 Å². The molecule has 2 nitrogen and oxygen atoms in total. The first-order valence-electron chi connectivity index (χ1n) is 7.16. The first kappa shape index (κ1) is 13.6. The van der Waals surface area contributed by atoms with Gasteiger partial charge in [0.15, 0.2) is 5.76 Å². The summed E-state index contributed by atoms with van der Waals surface area (Å²) in [4.78, 5) is 0. The van der Waals surface area contributed by atoms with E-state index in [1.807, 2.05) is 6.07 Å². The van der Waals surface area contributed by atoms with Crippen LogP contribution >= 0.6 is 0 Å². The van der Waals surface area contributed by atoms with Crippen LogP contribution in [0.25, 0.3) is 22.6 Å². The quantitative estimate of drug-likeness (QED) is 0.640. The molecule has 0 unspecified atom stereocenters. The Balaban J connectivity index is 1.99. The van der Waals surface area contributed by atoms with Crippen LogP contribution in [0.5, 0.6) is 0 Å². The number of rotatable bonds is 2. The van der Waals surface area contributed by atoms with Gasteiger partial charge in [0.25, 0.3) is 0 Å². The van der Waals surface area contributed by atoms with Gasteiger partial charge in [0.1, 0.15) is 5.69 Å². The molecule has 106 valence electrons. The van der Waals surface area contributed by atoms with Gasteiger partial charge in [0, 0.05) is 17.2 Å². The van der Waals surface area contributed by atoms with Gasteiger partial charge in [-0.2, -0.15) is 0 Å². The van der Waals surface area contributed by atoms with Crippen molar-refractivity contribution in [2.24, 2.45) is 0 Å². The Bertz CT molecular complexity index is 733. The molecule has 1 heterocycles. The van der Waals surface area contributed by atoms with Crippen LogP contribution in [0.4, 0.5) is 0 Å². The third kappa shape index (κ3) is 2.62. The van der Waals surface area contributed by atoms with E-state index in [1.54, 1.807) is 0 Å². The lowest BCUT2D eigenvalue weighted by molar-refractivity contribution is 0.435. The lowest BCUT2D eigenvalue weighted by Gasteiger charge is -2.02. The van der Waals surface area contributed by atoms with E-state index in [4.69, 9.17) is 4.52 Å². The van der Waals surface area contributed by atoms with Gasteiger partial charge in [-0.25, -0.2) is 0 Å². The van der Waals surface area contributed by atoms with Gasteiger partial charge < -0.3 is 4.52 Å². The van der Waals surface area contributed by atoms with Gasteiger partial charge in [-0.3, -0.25) is 0 Å². The second-order valence-corrected chi connectivity index (χ2v) is 5.67. The summed E-state index contributed by atoms with van der Waals surface area (Å²) in [6.45, 7) is 8.45. The van der Waals surface area contributed by atoms with Crippen LogP contribution in [0.15, 0.2) is 47.0 Å². The molecular weight excluding hydrogens is 258 g/mol.